The van der Waals surface area contributed by atoms with Crippen molar-refractivity contribution in [3.05, 3.63) is 99.4 Å². The highest BCUT2D eigenvalue weighted by Gasteiger charge is 2.12. The number of benzene rings is 2. The molecule has 30 heavy (non-hydrogen) atoms. The minimum atomic E-state index is -0.568. The number of aryl methyl sites for hydroxylation is 1. The first-order valence-electron chi connectivity index (χ1n) is 8.85. The van der Waals surface area contributed by atoms with E-state index in [9.17, 15) is 19.7 Å². The van der Waals surface area contributed by atoms with Gasteiger partial charge in [0.15, 0.2) is 0 Å². The van der Waals surface area contributed by atoms with Gasteiger partial charge in [-0.2, -0.15) is 5.10 Å². The maximum atomic E-state index is 12.3. The lowest BCUT2D eigenvalue weighted by Gasteiger charge is -2.06. The predicted molar refractivity (Wildman–Crippen MR) is 112 cm³/mol. The Morgan fingerprint density at radius 2 is 1.73 bits per heavy atom. The van der Waals surface area contributed by atoms with Gasteiger partial charge >= 0.3 is 0 Å². The van der Waals surface area contributed by atoms with E-state index in [4.69, 9.17) is 0 Å². The summed E-state index contributed by atoms with van der Waals surface area (Å²) in [5.41, 5.74) is 4.64. The Morgan fingerprint density at radius 3 is 2.43 bits per heavy atom. The summed E-state index contributed by atoms with van der Waals surface area (Å²) in [5.74, 6) is -0.915. The number of hydrogen-bond donors (Lipinski definition) is 2. The number of aromatic nitrogens is 1. The molecule has 9 heteroatoms. The number of nitro groups is 1. The molecule has 0 aliphatic carbocycles. The lowest BCUT2D eigenvalue weighted by Crippen LogP contribution is -2.18. The lowest BCUT2D eigenvalue weighted by atomic mass is 10.1. The second-order valence-corrected chi connectivity index (χ2v) is 6.24. The second-order valence-electron chi connectivity index (χ2n) is 6.24. The molecule has 2 amide bonds. The first kappa shape index (κ1) is 20.3. The Bertz CT molecular complexity index is 1130. The van der Waals surface area contributed by atoms with E-state index in [2.05, 4.69) is 20.8 Å². The summed E-state index contributed by atoms with van der Waals surface area (Å²) in [7, 11) is 0. The molecule has 0 bridgehead atoms. The molecule has 0 saturated heterocycles. The molecule has 0 fully saturated rings. The van der Waals surface area contributed by atoms with Crippen molar-refractivity contribution in [3.63, 3.8) is 0 Å². The molecule has 9 nitrogen and oxygen atoms in total. The van der Waals surface area contributed by atoms with E-state index in [1.54, 1.807) is 18.2 Å². The Labute approximate surface area is 171 Å². The molecule has 3 aromatic rings. The average molecular weight is 403 g/mol. The molecule has 2 aromatic carbocycles. The summed E-state index contributed by atoms with van der Waals surface area (Å²) in [6.45, 7) is 1.86. The topological polar surface area (TPSA) is 127 Å². The summed E-state index contributed by atoms with van der Waals surface area (Å²) in [6.07, 6.45) is 1.44. The number of nitro benzene ring substituents is 1. The predicted octanol–water partition coefficient (Wildman–Crippen LogP) is 3.31. The van der Waals surface area contributed by atoms with E-state index >= 15 is 0 Å². The van der Waals surface area contributed by atoms with E-state index in [1.807, 2.05) is 19.1 Å². The van der Waals surface area contributed by atoms with Gasteiger partial charge in [-0.15, -0.1) is 0 Å². The van der Waals surface area contributed by atoms with Crippen molar-refractivity contribution in [1.29, 1.82) is 0 Å². The van der Waals surface area contributed by atoms with Crippen LogP contribution in [0.15, 0.2) is 71.8 Å². The number of anilines is 1. The molecule has 0 radical (unpaired) electrons. The maximum absolute atomic E-state index is 12.3. The quantitative estimate of drug-likeness (QED) is 0.371. The molecule has 0 aliphatic heterocycles. The van der Waals surface area contributed by atoms with E-state index in [0.717, 1.165) is 5.69 Å². The minimum Gasteiger partial charge on any atom is -0.322 e. The minimum absolute atomic E-state index is 0.158. The number of hydrazone groups is 1. The highest BCUT2D eigenvalue weighted by atomic mass is 16.6. The zero-order valence-electron chi connectivity index (χ0n) is 15.9. The fraction of sp³-hybridized carbons (Fsp3) is 0.0476. The first-order chi connectivity index (χ1) is 14.4. The van der Waals surface area contributed by atoms with Gasteiger partial charge in [-0.3, -0.25) is 24.7 Å². The summed E-state index contributed by atoms with van der Waals surface area (Å²) in [5, 5.41) is 17.3. The van der Waals surface area contributed by atoms with Gasteiger partial charge < -0.3 is 5.32 Å². The Morgan fingerprint density at radius 1 is 1.00 bits per heavy atom. The van der Waals surface area contributed by atoms with Crippen molar-refractivity contribution in [2.24, 2.45) is 5.10 Å². The van der Waals surface area contributed by atoms with Gasteiger partial charge in [-0.05, 0) is 49.4 Å². The monoisotopic (exact) mass is 403 g/mol. The van der Waals surface area contributed by atoms with Crippen LogP contribution in [0.4, 0.5) is 11.4 Å². The summed E-state index contributed by atoms with van der Waals surface area (Å²) >= 11 is 0. The van der Waals surface area contributed by atoms with Crippen LogP contribution in [0, 0.1) is 17.0 Å². The number of amides is 2. The van der Waals surface area contributed by atoms with Crippen LogP contribution in [0.2, 0.25) is 0 Å². The fourth-order valence-corrected chi connectivity index (χ4v) is 2.53. The number of carbonyl (C=O) groups is 2. The Balaban J connectivity index is 1.60. The van der Waals surface area contributed by atoms with Crippen LogP contribution in [-0.2, 0) is 0 Å². The van der Waals surface area contributed by atoms with Gasteiger partial charge in [-0.1, -0.05) is 12.1 Å². The molecule has 0 unspecified atom stereocenters. The largest absolute Gasteiger partial charge is 0.322 e. The first-order valence-corrected chi connectivity index (χ1v) is 8.85. The van der Waals surface area contributed by atoms with Crippen LogP contribution in [0.1, 0.15) is 32.1 Å². The lowest BCUT2D eigenvalue weighted by molar-refractivity contribution is -0.384. The van der Waals surface area contributed by atoms with Crippen molar-refractivity contribution in [1.82, 2.24) is 10.4 Å². The van der Waals surface area contributed by atoms with Gasteiger partial charge in [0.2, 0.25) is 0 Å². The van der Waals surface area contributed by atoms with E-state index < -0.39 is 16.7 Å². The number of pyridine rings is 1. The number of non-ortho nitro benzene ring substituents is 1. The highest BCUT2D eigenvalue weighted by Crippen LogP contribution is 2.16. The smallest absolute Gasteiger partial charge is 0.271 e. The molecular formula is C21H17N5O4. The van der Waals surface area contributed by atoms with Crippen molar-refractivity contribution in [3.8, 4) is 0 Å². The third-order valence-corrected chi connectivity index (χ3v) is 4.00. The second kappa shape index (κ2) is 9.20. The number of carbonyl (C=O) groups excluding carboxylic acids is 2. The Kier molecular flexibility index (Phi) is 6.23. The Hall–Kier alpha value is -4.40. The zero-order chi connectivity index (χ0) is 21.5. The highest BCUT2D eigenvalue weighted by molar-refractivity contribution is 6.05. The third-order valence-electron chi connectivity index (χ3n) is 4.00. The van der Waals surface area contributed by atoms with Crippen LogP contribution in [0.3, 0.4) is 0 Å². The fourth-order valence-electron chi connectivity index (χ4n) is 2.53. The third kappa shape index (κ3) is 5.32. The van der Waals surface area contributed by atoms with E-state index in [-0.39, 0.29) is 11.3 Å². The number of hydrogen-bond acceptors (Lipinski definition) is 6. The van der Waals surface area contributed by atoms with Crippen LogP contribution in [0.5, 0.6) is 0 Å². The molecule has 0 spiro atoms. The molecule has 0 aliphatic rings. The molecule has 1 heterocycles. The molecule has 0 atom stereocenters. The van der Waals surface area contributed by atoms with E-state index in [1.165, 1.54) is 42.6 Å². The number of nitrogens with one attached hydrogen (secondary N) is 2. The van der Waals surface area contributed by atoms with Crippen molar-refractivity contribution < 1.29 is 14.5 Å². The molecular weight excluding hydrogens is 386 g/mol. The van der Waals surface area contributed by atoms with Gasteiger partial charge in [0.1, 0.15) is 0 Å². The number of rotatable bonds is 6. The van der Waals surface area contributed by atoms with Gasteiger partial charge in [0.25, 0.3) is 17.5 Å². The average Bonchev–Trinajstić information content (AvgIpc) is 2.74. The van der Waals surface area contributed by atoms with Crippen molar-refractivity contribution >= 4 is 29.4 Å². The normalized spacial score (nSPS) is 10.6. The maximum Gasteiger partial charge on any atom is 0.271 e. The van der Waals surface area contributed by atoms with E-state index in [0.29, 0.717) is 16.9 Å². The molecule has 2 N–H and O–H groups in total. The summed E-state index contributed by atoms with van der Waals surface area (Å²) in [6, 6.07) is 17.0. The van der Waals surface area contributed by atoms with Crippen LogP contribution >= 0.6 is 0 Å². The molecule has 1 aromatic heterocycles. The molecule has 0 saturated carbocycles. The molecule has 150 valence electrons. The molecule has 3 rings (SSSR count). The van der Waals surface area contributed by atoms with Gasteiger partial charge in [-0.25, -0.2) is 5.43 Å². The van der Waals surface area contributed by atoms with Gasteiger partial charge in [0, 0.05) is 34.6 Å². The van der Waals surface area contributed by atoms with Crippen molar-refractivity contribution in [2.45, 2.75) is 6.92 Å². The van der Waals surface area contributed by atoms with Crippen LogP contribution in [0.25, 0.3) is 0 Å². The van der Waals surface area contributed by atoms with Crippen LogP contribution in [-0.4, -0.2) is 27.9 Å². The SMILES string of the molecule is Cc1cccc(/C=N\NC(=O)c2ccc(NC(=O)c3cccc([N+](=O)[O-])c3)cc2)n1. The summed E-state index contributed by atoms with van der Waals surface area (Å²) in [4.78, 5) is 38.9. The summed E-state index contributed by atoms with van der Waals surface area (Å²) < 4.78 is 0. The van der Waals surface area contributed by atoms with Crippen molar-refractivity contribution in [2.75, 3.05) is 5.32 Å². The standard InChI is InChI=1S/C21H17N5O4/c1-14-4-2-6-18(23-14)13-22-25-21(28)15-8-10-17(11-9-15)24-20(27)16-5-3-7-19(12-16)26(29)30/h2-13H,1H3,(H,24,27)(H,25,28)/b22-13-. The van der Waals surface area contributed by atoms with Gasteiger partial charge in [0.05, 0.1) is 16.8 Å². The van der Waals surface area contributed by atoms with Crippen LogP contribution < -0.4 is 10.7 Å². The zero-order valence-corrected chi connectivity index (χ0v) is 15.9. The number of nitrogens with zero attached hydrogens (tertiary/aromatic N) is 3.